The Balaban J connectivity index is 2.10. The van der Waals surface area contributed by atoms with E-state index in [-0.39, 0.29) is 17.7 Å². The van der Waals surface area contributed by atoms with Crippen molar-refractivity contribution in [3.8, 4) is 0 Å². The highest BCUT2D eigenvalue weighted by atomic mass is 16.2. The SMILES string of the molecule is CNC(=O)CCCCCN1C(=O)C=CC1=O. The number of imide groups is 1. The third kappa shape index (κ3) is 3.49. The van der Waals surface area contributed by atoms with Gasteiger partial charge in [-0.15, -0.1) is 0 Å². The minimum atomic E-state index is -0.240. The third-order valence-electron chi connectivity index (χ3n) is 2.46. The van der Waals surface area contributed by atoms with E-state index in [0.717, 1.165) is 19.3 Å². The van der Waals surface area contributed by atoms with Crippen LogP contribution in [0.15, 0.2) is 12.2 Å². The highest BCUT2D eigenvalue weighted by Crippen LogP contribution is 2.07. The lowest BCUT2D eigenvalue weighted by Crippen LogP contribution is -2.30. The van der Waals surface area contributed by atoms with E-state index in [4.69, 9.17) is 0 Å². The molecule has 0 saturated heterocycles. The molecule has 0 saturated carbocycles. The molecule has 1 aliphatic rings. The first kappa shape index (κ1) is 12.4. The second-order valence-electron chi connectivity index (χ2n) is 3.65. The minimum absolute atomic E-state index is 0.0231. The van der Waals surface area contributed by atoms with Crippen molar-refractivity contribution < 1.29 is 14.4 Å². The van der Waals surface area contributed by atoms with Crippen LogP contribution in [0.2, 0.25) is 0 Å². The molecule has 0 unspecified atom stereocenters. The summed E-state index contributed by atoms with van der Waals surface area (Å²) in [5.74, 6) is -0.456. The molecule has 0 fully saturated rings. The van der Waals surface area contributed by atoms with Crippen LogP contribution in [0.3, 0.4) is 0 Å². The summed E-state index contributed by atoms with van der Waals surface area (Å²) in [4.78, 5) is 34.4. The van der Waals surface area contributed by atoms with Gasteiger partial charge in [0.15, 0.2) is 0 Å². The molecule has 0 aliphatic carbocycles. The number of nitrogens with zero attached hydrogens (tertiary/aromatic N) is 1. The summed E-state index contributed by atoms with van der Waals surface area (Å²) in [5.41, 5.74) is 0. The Kier molecular flexibility index (Phi) is 4.69. The molecular weight excluding hydrogens is 208 g/mol. The molecule has 1 aliphatic heterocycles. The molecule has 3 amide bonds. The molecule has 0 aromatic rings. The van der Waals surface area contributed by atoms with Gasteiger partial charge < -0.3 is 5.32 Å². The predicted octanol–water partition coefficient (Wildman–Crippen LogP) is 0.218. The zero-order valence-electron chi connectivity index (χ0n) is 9.36. The first-order valence-corrected chi connectivity index (χ1v) is 5.39. The van der Waals surface area contributed by atoms with Gasteiger partial charge in [0.1, 0.15) is 0 Å². The van der Waals surface area contributed by atoms with E-state index in [1.165, 1.54) is 17.1 Å². The van der Waals surface area contributed by atoms with Gasteiger partial charge in [-0.05, 0) is 12.8 Å². The Morgan fingerprint density at radius 2 is 1.81 bits per heavy atom. The Bertz CT molecular complexity index is 305. The topological polar surface area (TPSA) is 66.5 Å². The van der Waals surface area contributed by atoms with E-state index in [9.17, 15) is 14.4 Å². The van der Waals surface area contributed by atoms with E-state index in [2.05, 4.69) is 5.32 Å². The lowest BCUT2D eigenvalue weighted by atomic mass is 10.2. The summed E-state index contributed by atoms with van der Waals surface area (Å²) in [7, 11) is 1.61. The molecule has 0 atom stereocenters. The number of carbonyl (C=O) groups excluding carboxylic acids is 3. The van der Waals surface area contributed by atoms with E-state index in [0.29, 0.717) is 13.0 Å². The van der Waals surface area contributed by atoms with Gasteiger partial charge in [-0.2, -0.15) is 0 Å². The van der Waals surface area contributed by atoms with Gasteiger partial charge in [0, 0.05) is 32.2 Å². The van der Waals surface area contributed by atoms with E-state index in [1.54, 1.807) is 7.05 Å². The summed E-state index contributed by atoms with van der Waals surface area (Å²) < 4.78 is 0. The van der Waals surface area contributed by atoms with Gasteiger partial charge in [0.2, 0.25) is 5.91 Å². The lowest BCUT2D eigenvalue weighted by molar-refractivity contribution is -0.136. The van der Waals surface area contributed by atoms with Crippen LogP contribution in [-0.4, -0.2) is 36.2 Å². The van der Waals surface area contributed by atoms with Crippen molar-refractivity contribution in [1.29, 1.82) is 0 Å². The molecule has 0 aromatic heterocycles. The van der Waals surface area contributed by atoms with Crippen molar-refractivity contribution in [2.24, 2.45) is 0 Å². The van der Waals surface area contributed by atoms with Crippen LogP contribution >= 0.6 is 0 Å². The van der Waals surface area contributed by atoms with Crippen molar-refractivity contribution in [2.75, 3.05) is 13.6 Å². The average Bonchev–Trinajstić information content (AvgIpc) is 2.59. The number of nitrogens with one attached hydrogen (secondary N) is 1. The fourth-order valence-electron chi connectivity index (χ4n) is 1.51. The number of carbonyl (C=O) groups is 3. The van der Waals surface area contributed by atoms with Crippen molar-refractivity contribution in [3.63, 3.8) is 0 Å². The molecule has 88 valence electrons. The van der Waals surface area contributed by atoms with Crippen LogP contribution in [0.4, 0.5) is 0 Å². The van der Waals surface area contributed by atoms with Crippen LogP contribution in [0.25, 0.3) is 0 Å². The number of amides is 3. The molecule has 1 heterocycles. The molecule has 1 rings (SSSR count). The standard InChI is InChI=1S/C11H16N2O3/c1-12-9(14)5-3-2-4-8-13-10(15)6-7-11(13)16/h6-7H,2-5,8H2,1H3,(H,12,14). The van der Waals surface area contributed by atoms with Gasteiger partial charge in [-0.3, -0.25) is 19.3 Å². The van der Waals surface area contributed by atoms with Crippen molar-refractivity contribution >= 4 is 17.7 Å². The summed E-state index contributed by atoms with van der Waals surface area (Å²) in [6.07, 6.45) is 5.43. The number of rotatable bonds is 6. The van der Waals surface area contributed by atoms with Gasteiger partial charge in [-0.1, -0.05) is 6.42 Å². The van der Waals surface area contributed by atoms with Crippen LogP contribution < -0.4 is 5.32 Å². The van der Waals surface area contributed by atoms with Crippen LogP contribution in [-0.2, 0) is 14.4 Å². The molecule has 1 N–H and O–H groups in total. The Labute approximate surface area is 94.5 Å². The molecule has 5 heteroatoms. The second-order valence-corrected chi connectivity index (χ2v) is 3.65. The van der Waals surface area contributed by atoms with Gasteiger partial charge in [0.25, 0.3) is 11.8 Å². The van der Waals surface area contributed by atoms with Crippen molar-refractivity contribution in [3.05, 3.63) is 12.2 Å². The maximum atomic E-state index is 11.2. The number of hydrogen-bond acceptors (Lipinski definition) is 3. The Morgan fingerprint density at radius 3 is 2.38 bits per heavy atom. The normalized spacial score (nSPS) is 14.7. The first-order valence-electron chi connectivity index (χ1n) is 5.39. The van der Waals surface area contributed by atoms with E-state index >= 15 is 0 Å². The Morgan fingerprint density at radius 1 is 1.19 bits per heavy atom. The van der Waals surface area contributed by atoms with Gasteiger partial charge in [0.05, 0.1) is 0 Å². The van der Waals surface area contributed by atoms with Gasteiger partial charge in [-0.25, -0.2) is 0 Å². The molecule has 0 bridgehead atoms. The monoisotopic (exact) mass is 224 g/mol. The third-order valence-corrected chi connectivity index (χ3v) is 2.46. The molecule has 5 nitrogen and oxygen atoms in total. The lowest BCUT2D eigenvalue weighted by Gasteiger charge is -2.12. The average molecular weight is 224 g/mol. The highest BCUT2D eigenvalue weighted by molar-refractivity contribution is 6.12. The van der Waals surface area contributed by atoms with E-state index < -0.39 is 0 Å². The highest BCUT2D eigenvalue weighted by Gasteiger charge is 2.22. The summed E-state index contributed by atoms with van der Waals surface area (Å²) in [5, 5.41) is 2.54. The fraction of sp³-hybridized carbons (Fsp3) is 0.545. The first-order chi connectivity index (χ1) is 7.65. The number of hydrogen-bond donors (Lipinski definition) is 1. The predicted molar refractivity (Wildman–Crippen MR) is 58.4 cm³/mol. The van der Waals surface area contributed by atoms with Crippen LogP contribution in [0.5, 0.6) is 0 Å². The maximum absolute atomic E-state index is 11.2. The summed E-state index contributed by atoms with van der Waals surface area (Å²) >= 11 is 0. The molecule has 0 aromatic carbocycles. The quantitative estimate of drug-likeness (QED) is 0.518. The van der Waals surface area contributed by atoms with Crippen LogP contribution in [0.1, 0.15) is 25.7 Å². The Hall–Kier alpha value is -1.65. The molecular formula is C11H16N2O3. The molecule has 16 heavy (non-hydrogen) atoms. The largest absolute Gasteiger partial charge is 0.359 e. The van der Waals surface area contributed by atoms with Crippen molar-refractivity contribution in [1.82, 2.24) is 10.2 Å². The number of unbranched alkanes of at least 4 members (excludes halogenated alkanes) is 2. The molecule has 0 spiro atoms. The van der Waals surface area contributed by atoms with Gasteiger partial charge >= 0.3 is 0 Å². The fourth-order valence-corrected chi connectivity index (χ4v) is 1.51. The molecule has 0 radical (unpaired) electrons. The zero-order valence-corrected chi connectivity index (χ0v) is 9.36. The smallest absolute Gasteiger partial charge is 0.253 e. The maximum Gasteiger partial charge on any atom is 0.253 e. The minimum Gasteiger partial charge on any atom is -0.359 e. The van der Waals surface area contributed by atoms with Crippen molar-refractivity contribution in [2.45, 2.75) is 25.7 Å². The van der Waals surface area contributed by atoms with Crippen LogP contribution in [0, 0.1) is 0 Å². The van der Waals surface area contributed by atoms with E-state index in [1.807, 2.05) is 0 Å². The zero-order chi connectivity index (χ0) is 12.0. The second kappa shape index (κ2) is 6.05. The summed E-state index contributed by atoms with van der Waals surface area (Å²) in [6.45, 7) is 0.443. The summed E-state index contributed by atoms with van der Waals surface area (Å²) in [6, 6.07) is 0.